The van der Waals surface area contributed by atoms with Gasteiger partial charge in [0.15, 0.2) is 5.78 Å². The number of benzene rings is 1. The summed E-state index contributed by atoms with van der Waals surface area (Å²) in [4.78, 5) is 22.8. The lowest BCUT2D eigenvalue weighted by molar-refractivity contribution is -0.136. The quantitative estimate of drug-likeness (QED) is 0.763. The van der Waals surface area contributed by atoms with Crippen molar-refractivity contribution in [3.8, 4) is 5.75 Å². The monoisotopic (exact) mass is 265 g/mol. The van der Waals surface area contributed by atoms with Crippen molar-refractivity contribution in [1.29, 1.82) is 0 Å². The highest BCUT2D eigenvalue weighted by Gasteiger charge is 2.21. The average Bonchev–Trinajstić information content (AvgIpc) is 2.34. The maximum Gasteiger partial charge on any atom is 0.317 e. The number of rotatable bonds is 6. The van der Waals surface area contributed by atoms with Gasteiger partial charge in [0.1, 0.15) is 5.75 Å². The van der Waals surface area contributed by atoms with E-state index < -0.39 is 12.0 Å². The Balaban J connectivity index is 3.01. The van der Waals surface area contributed by atoms with Crippen LogP contribution in [0.2, 0.25) is 0 Å². The highest BCUT2D eigenvalue weighted by molar-refractivity contribution is 6.03. The van der Waals surface area contributed by atoms with E-state index in [-0.39, 0.29) is 12.3 Å². The number of ether oxygens (including phenoxy) is 1. The van der Waals surface area contributed by atoms with Gasteiger partial charge in [-0.15, -0.1) is 0 Å². The standard InChI is InChI=1S/C14H19NO4/c1-8-5-9(2)13(11(6-8)19-4)14(18)10(3)15-7-12(16)17/h5-6,10,15H,7H2,1-4H3,(H,16,17). The van der Waals surface area contributed by atoms with Crippen LogP contribution in [0.4, 0.5) is 0 Å². The molecule has 1 unspecified atom stereocenters. The molecule has 2 N–H and O–H groups in total. The van der Waals surface area contributed by atoms with Crippen molar-refractivity contribution in [2.45, 2.75) is 26.8 Å². The van der Waals surface area contributed by atoms with Gasteiger partial charge >= 0.3 is 5.97 Å². The molecule has 5 heteroatoms. The number of nitrogens with one attached hydrogen (secondary N) is 1. The second-order valence-electron chi connectivity index (χ2n) is 4.52. The average molecular weight is 265 g/mol. The SMILES string of the molecule is COc1cc(C)cc(C)c1C(=O)C(C)NCC(=O)O. The minimum absolute atomic E-state index is 0.171. The summed E-state index contributed by atoms with van der Waals surface area (Å²) < 4.78 is 5.24. The van der Waals surface area contributed by atoms with E-state index in [1.165, 1.54) is 7.11 Å². The molecular weight excluding hydrogens is 246 g/mol. The Morgan fingerprint density at radius 1 is 1.37 bits per heavy atom. The molecule has 0 heterocycles. The molecule has 0 aliphatic heterocycles. The van der Waals surface area contributed by atoms with E-state index in [2.05, 4.69) is 5.32 Å². The third-order valence-corrected chi connectivity index (χ3v) is 2.86. The maximum atomic E-state index is 12.3. The molecule has 0 radical (unpaired) electrons. The Hall–Kier alpha value is -1.88. The van der Waals surface area contributed by atoms with E-state index in [4.69, 9.17) is 9.84 Å². The second kappa shape index (κ2) is 6.33. The van der Waals surface area contributed by atoms with Gasteiger partial charge in [-0.05, 0) is 38.0 Å². The summed E-state index contributed by atoms with van der Waals surface area (Å²) in [6.07, 6.45) is 0. The van der Waals surface area contributed by atoms with E-state index in [1.54, 1.807) is 13.0 Å². The molecule has 0 saturated carbocycles. The summed E-state index contributed by atoms with van der Waals surface area (Å²) in [6, 6.07) is 3.12. The molecular formula is C14H19NO4. The Kier molecular flexibility index (Phi) is 5.06. The van der Waals surface area contributed by atoms with Crippen LogP contribution < -0.4 is 10.1 Å². The van der Waals surface area contributed by atoms with Crippen molar-refractivity contribution in [3.05, 3.63) is 28.8 Å². The molecule has 0 aliphatic rings. The van der Waals surface area contributed by atoms with Crippen LogP contribution in [0.5, 0.6) is 5.75 Å². The van der Waals surface area contributed by atoms with E-state index >= 15 is 0 Å². The molecule has 0 saturated heterocycles. The summed E-state index contributed by atoms with van der Waals surface area (Å²) in [5.74, 6) is -0.644. The number of carboxylic acids is 1. The fraction of sp³-hybridized carbons (Fsp3) is 0.429. The molecule has 104 valence electrons. The van der Waals surface area contributed by atoms with Crippen molar-refractivity contribution in [3.63, 3.8) is 0 Å². The molecule has 0 spiro atoms. The third kappa shape index (κ3) is 3.79. The number of methoxy groups -OCH3 is 1. The van der Waals surface area contributed by atoms with E-state index in [9.17, 15) is 9.59 Å². The highest BCUT2D eigenvalue weighted by Crippen LogP contribution is 2.25. The number of carboxylic acid groups (broad SMARTS) is 1. The van der Waals surface area contributed by atoms with Gasteiger partial charge in [-0.3, -0.25) is 14.9 Å². The zero-order valence-corrected chi connectivity index (χ0v) is 11.6. The normalized spacial score (nSPS) is 12.0. The van der Waals surface area contributed by atoms with Crippen LogP contribution in [0.1, 0.15) is 28.4 Å². The van der Waals surface area contributed by atoms with E-state index in [1.807, 2.05) is 19.9 Å². The van der Waals surface area contributed by atoms with Gasteiger partial charge in [0.2, 0.25) is 0 Å². The largest absolute Gasteiger partial charge is 0.496 e. The van der Waals surface area contributed by atoms with E-state index in [0.29, 0.717) is 11.3 Å². The van der Waals surface area contributed by atoms with Crippen LogP contribution in [0.3, 0.4) is 0 Å². The summed E-state index contributed by atoms with van der Waals surface area (Å²) in [7, 11) is 1.51. The number of hydrogen-bond donors (Lipinski definition) is 2. The van der Waals surface area contributed by atoms with Gasteiger partial charge in [0.05, 0.1) is 25.3 Å². The lowest BCUT2D eigenvalue weighted by Crippen LogP contribution is -2.37. The van der Waals surface area contributed by atoms with Gasteiger partial charge in [0.25, 0.3) is 0 Å². The summed E-state index contributed by atoms with van der Waals surface area (Å²) in [5.41, 5.74) is 2.33. The summed E-state index contributed by atoms with van der Waals surface area (Å²) in [6.45, 7) is 5.16. The van der Waals surface area contributed by atoms with Gasteiger partial charge < -0.3 is 9.84 Å². The first kappa shape index (κ1) is 15.2. The lowest BCUT2D eigenvalue weighted by atomic mass is 9.97. The molecule has 1 atom stereocenters. The Morgan fingerprint density at radius 2 is 2.00 bits per heavy atom. The fourth-order valence-corrected chi connectivity index (χ4v) is 1.95. The number of aryl methyl sites for hydroxylation is 2. The fourth-order valence-electron chi connectivity index (χ4n) is 1.95. The predicted octanol–water partition coefficient (Wildman–Crippen LogP) is 1.56. The molecule has 0 fully saturated rings. The molecule has 5 nitrogen and oxygen atoms in total. The number of Topliss-reactive ketones (excluding diaryl/α,β-unsaturated/α-hetero) is 1. The third-order valence-electron chi connectivity index (χ3n) is 2.86. The second-order valence-corrected chi connectivity index (χ2v) is 4.52. The Morgan fingerprint density at radius 3 is 2.53 bits per heavy atom. The summed E-state index contributed by atoms with van der Waals surface area (Å²) in [5, 5.41) is 11.3. The molecule has 1 rings (SSSR count). The van der Waals surface area contributed by atoms with Crippen LogP contribution in [0.15, 0.2) is 12.1 Å². The van der Waals surface area contributed by atoms with Crippen LogP contribution in [-0.4, -0.2) is 36.6 Å². The number of hydrogen-bond acceptors (Lipinski definition) is 4. The lowest BCUT2D eigenvalue weighted by Gasteiger charge is -2.16. The molecule has 19 heavy (non-hydrogen) atoms. The first-order valence-electron chi connectivity index (χ1n) is 6.01. The Bertz CT molecular complexity index is 496. The van der Waals surface area contributed by atoms with Crippen LogP contribution in [0.25, 0.3) is 0 Å². The van der Waals surface area contributed by atoms with Gasteiger partial charge in [-0.1, -0.05) is 6.07 Å². The first-order chi connectivity index (χ1) is 8.86. The first-order valence-corrected chi connectivity index (χ1v) is 6.01. The van der Waals surface area contributed by atoms with E-state index in [0.717, 1.165) is 11.1 Å². The zero-order chi connectivity index (χ0) is 14.6. The van der Waals surface area contributed by atoms with Crippen molar-refractivity contribution < 1.29 is 19.4 Å². The van der Waals surface area contributed by atoms with Crippen molar-refractivity contribution in [1.82, 2.24) is 5.32 Å². The topological polar surface area (TPSA) is 75.6 Å². The predicted molar refractivity (Wildman–Crippen MR) is 71.9 cm³/mol. The molecule has 0 aliphatic carbocycles. The van der Waals surface area contributed by atoms with Crippen molar-refractivity contribution in [2.24, 2.45) is 0 Å². The smallest absolute Gasteiger partial charge is 0.317 e. The number of aliphatic carboxylic acids is 1. The van der Waals surface area contributed by atoms with Crippen molar-refractivity contribution >= 4 is 11.8 Å². The highest BCUT2D eigenvalue weighted by atomic mass is 16.5. The minimum atomic E-state index is -0.993. The van der Waals surface area contributed by atoms with Crippen LogP contribution in [0, 0.1) is 13.8 Å². The van der Waals surface area contributed by atoms with Gasteiger partial charge in [-0.2, -0.15) is 0 Å². The zero-order valence-electron chi connectivity index (χ0n) is 11.6. The number of ketones is 1. The Labute approximate surface area is 112 Å². The minimum Gasteiger partial charge on any atom is -0.496 e. The number of carbonyl (C=O) groups excluding carboxylic acids is 1. The molecule has 0 bridgehead atoms. The van der Waals surface area contributed by atoms with Gasteiger partial charge in [-0.25, -0.2) is 0 Å². The van der Waals surface area contributed by atoms with Gasteiger partial charge in [0, 0.05) is 0 Å². The summed E-state index contributed by atoms with van der Waals surface area (Å²) >= 11 is 0. The molecule has 1 aromatic rings. The number of carbonyl (C=O) groups is 2. The molecule has 1 aromatic carbocycles. The van der Waals surface area contributed by atoms with Crippen LogP contribution >= 0.6 is 0 Å². The maximum absolute atomic E-state index is 12.3. The van der Waals surface area contributed by atoms with Crippen LogP contribution in [-0.2, 0) is 4.79 Å². The molecule has 0 aromatic heterocycles. The van der Waals surface area contributed by atoms with Crippen molar-refractivity contribution in [2.75, 3.05) is 13.7 Å². The molecule has 0 amide bonds.